The fourth-order valence-corrected chi connectivity index (χ4v) is 3.02. The van der Waals surface area contributed by atoms with Gasteiger partial charge in [0.2, 0.25) is 0 Å². The molecular formula is C18H23N3O4. The number of hydrogen-bond donors (Lipinski definition) is 0. The molecule has 0 amide bonds. The van der Waals surface area contributed by atoms with Crippen LogP contribution in [0.15, 0.2) is 28.8 Å². The van der Waals surface area contributed by atoms with Crippen molar-refractivity contribution in [1.29, 1.82) is 0 Å². The fraction of sp³-hybridized carbons (Fsp3) is 0.500. The molecule has 3 rings (SSSR count). The Morgan fingerprint density at radius 2 is 2.16 bits per heavy atom. The van der Waals surface area contributed by atoms with E-state index in [-0.39, 0.29) is 11.9 Å². The molecule has 1 saturated heterocycles. The van der Waals surface area contributed by atoms with Crippen LogP contribution in [0.25, 0.3) is 11.5 Å². The van der Waals surface area contributed by atoms with Crippen molar-refractivity contribution < 1.29 is 18.8 Å². The topological polar surface area (TPSA) is 77.7 Å². The van der Waals surface area contributed by atoms with Gasteiger partial charge in [-0.15, -0.1) is 0 Å². The van der Waals surface area contributed by atoms with Crippen LogP contribution in [0.4, 0.5) is 0 Å². The van der Waals surface area contributed by atoms with E-state index in [1.54, 1.807) is 7.11 Å². The van der Waals surface area contributed by atoms with Gasteiger partial charge < -0.3 is 14.0 Å². The summed E-state index contributed by atoms with van der Waals surface area (Å²) in [6, 6.07) is 7.48. The Morgan fingerprint density at radius 1 is 1.36 bits per heavy atom. The maximum Gasteiger partial charge on any atom is 0.310 e. The zero-order chi connectivity index (χ0) is 17.6. The number of piperidine rings is 1. The van der Waals surface area contributed by atoms with Crippen LogP contribution in [0.1, 0.15) is 25.6 Å². The van der Waals surface area contributed by atoms with E-state index < -0.39 is 0 Å². The Morgan fingerprint density at radius 3 is 2.88 bits per heavy atom. The van der Waals surface area contributed by atoms with E-state index >= 15 is 0 Å². The van der Waals surface area contributed by atoms with Gasteiger partial charge in [0.05, 0.1) is 26.2 Å². The molecule has 0 radical (unpaired) electrons. The van der Waals surface area contributed by atoms with Gasteiger partial charge in [-0.2, -0.15) is 4.98 Å². The molecule has 0 aliphatic carbocycles. The van der Waals surface area contributed by atoms with Crippen LogP contribution in [-0.4, -0.2) is 47.8 Å². The van der Waals surface area contributed by atoms with Crippen LogP contribution < -0.4 is 4.74 Å². The van der Waals surface area contributed by atoms with Crippen molar-refractivity contribution in [3.05, 3.63) is 30.1 Å². The lowest BCUT2D eigenvalue weighted by Crippen LogP contribution is -2.39. The fourth-order valence-electron chi connectivity index (χ4n) is 3.02. The lowest BCUT2D eigenvalue weighted by molar-refractivity contribution is -0.150. The first-order chi connectivity index (χ1) is 12.2. The van der Waals surface area contributed by atoms with Crippen molar-refractivity contribution >= 4 is 5.97 Å². The van der Waals surface area contributed by atoms with Crippen LogP contribution in [0, 0.1) is 5.92 Å². The minimum Gasteiger partial charge on any atom is -0.497 e. The molecule has 0 saturated carbocycles. The third-order valence-corrected chi connectivity index (χ3v) is 4.30. The summed E-state index contributed by atoms with van der Waals surface area (Å²) < 4.78 is 15.6. The molecule has 2 aromatic rings. The third-order valence-electron chi connectivity index (χ3n) is 4.30. The number of benzene rings is 1. The normalized spacial score (nSPS) is 18.1. The highest BCUT2D eigenvalue weighted by atomic mass is 16.5. The highest BCUT2D eigenvalue weighted by Crippen LogP contribution is 2.22. The van der Waals surface area contributed by atoms with Gasteiger partial charge in [0.1, 0.15) is 5.75 Å². The van der Waals surface area contributed by atoms with Gasteiger partial charge in [0.25, 0.3) is 5.89 Å². The molecule has 1 aliphatic rings. The molecule has 25 heavy (non-hydrogen) atoms. The minimum atomic E-state index is -0.112. The first-order valence-corrected chi connectivity index (χ1v) is 8.55. The van der Waals surface area contributed by atoms with Gasteiger partial charge in [-0.1, -0.05) is 5.16 Å². The molecule has 1 fully saturated rings. The monoisotopic (exact) mass is 345 g/mol. The summed E-state index contributed by atoms with van der Waals surface area (Å²) in [4.78, 5) is 18.6. The SMILES string of the molecule is CCOC(=O)C1CCCN(Cc2noc(-c3ccc(OC)cc3)n2)C1. The first kappa shape index (κ1) is 17.4. The number of nitrogens with zero attached hydrogens (tertiary/aromatic N) is 3. The zero-order valence-corrected chi connectivity index (χ0v) is 14.6. The summed E-state index contributed by atoms with van der Waals surface area (Å²) in [5.74, 6) is 1.70. The first-order valence-electron chi connectivity index (χ1n) is 8.55. The molecule has 1 atom stereocenters. The summed E-state index contributed by atoms with van der Waals surface area (Å²) in [5, 5.41) is 4.06. The number of ether oxygens (including phenoxy) is 2. The van der Waals surface area contributed by atoms with E-state index in [1.807, 2.05) is 31.2 Å². The second-order valence-corrected chi connectivity index (χ2v) is 6.07. The summed E-state index contributed by atoms with van der Waals surface area (Å²) in [6.45, 7) is 4.41. The zero-order valence-electron chi connectivity index (χ0n) is 14.6. The van der Waals surface area contributed by atoms with Crippen LogP contribution in [0.3, 0.4) is 0 Å². The third kappa shape index (κ3) is 4.36. The average Bonchev–Trinajstić information content (AvgIpc) is 3.10. The molecule has 0 N–H and O–H groups in total. The van der Waals surface area contributed by atoms with Gasteiger partial charge in [0.15, 0.2) is 5.82 Å². The Hall–Kier alpha value is -2.41. The highest BCUT2D eigenvalue weighted by molar-refractivity contribution is 5.72. The van der Waals surface area contributed by atoms with Crippen LogP contribution in [-0.2, 0) is 16.1 Å². The van der Waals surface area contributed by atoms with Gasteiger partial charge in [-0.05, 0) is 50.6 Å². The Labute approximate surface area is 146 Å². The molecule has 1 aromatic heterocycles. The number of esters is 1. The number of methoxy groups -OCH3 is 1. The lowest BCUT2D eigenvalue weighted by atomic mass is 9.98. The minimum absolute atomic E-state index is 0.0679. The quantitative estimate of drug-likeness (QED) is 0.744. The molecule has 1 aliphatic heterocycles. The van der Waals surface area contributed by atoms with Crippen LogP contribution in [0.5, 0.6) is 5.75 Å². The predicted octanol–water partition coefficient (Wildman–Crippen LogP) is 2.52. The molecule has 7 nitrogen and oxygen atoms in total. The number of hydrogen-bond acceptors (Lipinski definition) is 7. The number of rotatable bonds is 6. The number of likely N-dealkylation sites (tertiary alicyclic amines) is 1. The van der Waals surface area contributed by atoms with Crippen LogP contribution in [0.2, 0.25) is 0 Å². The van der Waals surface area contributed by atoms with Crippen molar-refractivity contribution in [1.82, 2.24) is 15.0 Å². The molecule has 7 heteroatoms. The van der Waals surface area contributed by atoms with Crippen molar-refractivity contribution in [2.45, 2.75) is 26.3 Å². The molecule has 0 spiro atoms. The smallest absolute Gasteiger partial charge is 0.310 e. The van der Waals surface area contributed by atoms with Gasteiger partial charge in [0, 0.05) is 12.1 Å². The Kier molecular flexibility index (Phi) is 5.65. The van der Waals surface area contributed by atoms with Crippen molar-refractivity contribution in [3.63, 3.8) is 0 Å². The van der Waals surface area contributed by atoms with Gasteiger partial charge >= 0.3 is 5.97 Å². The van der Waals surface area contributed by atoms with E-state index in [4.69, 9.17) is 14.0 Å². The van der Waals surface area contributed by atoms with Crippen molar-refractivity contribution in [2.24, 2.45) is 5.92 Å². The van der Waals surface area contributed by atoms with Crippen molar-refractivity contribution in [3.8, 4) is 17.2 Å². The highest BCUT2D eigenvalue weighted by Gasteiger charge is 2.27. The maximum atomic E-state index is 11.9. The Bertz CT molecular complexity index is 699. The molecule has 134 valence electrons. The van der Waals surface area contributed by atoms with Gasteiger partial charge in [-0.25, -0.2) is 0 Å². The van der Waals surface area contributed by atoms with E-state index in [0.29, 0.717) is 31.4 Å². The molecule has 2 heterocycles. The van der Waals surface area contributed by atoms with Gasteiger partial charge in [-0.3, -0.25) is 9.69 Å². The average molecular weight is 345 g/mol. The lowest BCUT2D eigenvalue weighted by Gasteiger charge is -2.30. The van der Waals surface area contributed by atoms with E-state index in [9.17, 15) is 4.79 Å². The second-order valence-electron chi connectivity index (χ2n) is 6.07. The number of carbonyl (C=O) groups is 1. The summed E-state index contributed by atoms with van der Waals surface area (Å²) in [6.07, 6.45) is 1.84. The molecule has 1 unspecified atom stereocenters. The Balaban J connectivity index is 1.61. The molecular weight excluding hydrogens is 322 g/mol. The number of aromatic nitrogens is 2. The molecule has 1 aromatic carbocycles. The van der Waals surface area contributed by atoms with E-state index in [1.165, 1.54) is 0 Å². The summed E-state index contributed by atoms with van der Waals surface area (Å²) >= 11 is 0. The largest absolute Gasteiger partial charge is 0.497 e. The molecule has 0 bridgehead atoms. The van der Waals surface area contributed by atoms with Crippen molar-refractivity contribution in [2.75, 3.05) is 26.8 Å². The second kappa shape index (κ2) is 8.11. The summed E-state index contributed by atoms with van der Waals surface area (Å²) in [5.41, 5.74) is 0.850. The van der Waals surface area contributed by atoms with E-state index in [2.05, 4.69) is 15.0 Å². The maximum absolute atomic E-state index is 11.9. The predicted molar refractivity (Wildman–Crippen MR) is 90.9 cm³/mol. The standard InChI is InChI=1S/C18H23N3O4/c1-3-24-18(22)14-5-4-10-21(11-14)12-16-19-17(25-20-16)13-6-8-15(23-2)9-7-13/h6-9,14H,3-5,10-12H2,1-2H3. The van der Waals surface area contributed by atoms with Crippen LogP contribution >= 0.6 is 0 Å². The summed E-state index contributed by atoms with van der Waals surface area (Å²) in [7, 11) is 1.63. The number of carbonyl (C=O) groups excluding carboxylic acids is 1. The van der Waals surface area contributed by atoms with E-state index in [0.717, 1.165) is 30.7 Å².